The van der Waals surface area contributed by atoms with E-state index in [4.69, 9.17) is 8.85 Å². The summed E-state index contributed by atoms with van der Waals surface area (Å²) in [5, 5.41) is 0. The second kappa shape index (κ2) is 11.6. The van der Waals surface area contributed by atoms with Crippen LogP contribution in [0.3, 0.4) is 0 Å². The van der Waals surface area contributed by atoms with Crippen molar-refractivity contribution in [1.29, 1.82) is 0 Å². The summed E-state index contributed by atoms with van der Waals surface area (Å²) in [6.07, 6.45) is 6.62. The Balaban J connectivity index is 0.000000288. The van der Waals surface area contributed by atoms with Gasteiger partial charge in [-0.15, -0.1) is 0 Å². The van der Waals surface area contributed by atoms with Crippen LogP contribution in [0.15, 0.2) is 0 Å². The van der Waals surface area contributed by atoms with E-state index in [-0.39, 0.29) is 0 Å². The summed E-state index contributed by atoms with van der Waals surface area (Å²) in [6, 6.07) is 0. The topological polar surface area (TPSA) is 18.5 Å². The van der Waals surface area contributed by atoms with Gasteiger partial charge in [-0.1, -0.05) is 47.0 Å². The first-order chi connectivity index (χ1) is 7.72. The molecular weight excluding hydrogens is 216 g/mol. The minimum atomic E-state index is -0.611. The van der Waals surface area contributed by atoms with Crippen LogP contribution in [0, 0.1) is 11.8 Å². The first kappa shape index (κ1) is 16.1. The van der Waals surface area contributed by atoms with E-state index in [9.17, 15) is 0 Å². The summed E-state index contributed by atoms with van der Waals surface area (Å²) in [5.41, 5.74) is 0. The molecule has 1 aliphatic rings. The number of hydrogen-bond donors (Lipinski definition) is 0. The van der Waals surface area contributed by atoms with Gasteiger partial charge in [0, 0.05) is 13.2 Å². The van der Waals surface area contributed by atoms with Crippen LogP contribution in [0.5, 0.6) is 0 Å². The molecule has 2 unspecified atom stereocenters. The molecule has 0 radical (unpaired) electrons. The first-order valence-corrected chi connectivity index (χ1v) is 8.03. The van der Waals surface area contributed by atoms with Crippen LogP contribution in [0.2, 0.25) is 0 Å². The Morgan fingerprint density at radius 3 is 1.62 bits per heavy atom. The Bertz CT molecular complexity index is 128. The molecule has 16 heavy (non-hydrogen) atoms. The maximum Gasteiger partial charge on any atom is 0.304 e. The number of hydrogen-bond acceptors (Lipinski definition) is 2. The highest BCUT2D eigenvalue weighted by Gasteiger charge is 2.17. The van der Waals surface area contributed by atoms with Gasteiger partial charge >= 0.3 is 10.0 Å². The Hall–Kier alpha value is 0.137. The highest BCUT2D eigenvalue weighted by atomic mass is 28.3. The van der Waals surface area contributed by atoms with Crippen molar-refractivity contribution in [3.63, 3.8) is 0 Å². The van der Waals surface area contributed by atoms with E-state index in [1.54, 1.807) is 0 Å². The van der Waals surface area contributed by atoms with Crippen molar-refractivity contribution in [3.05, 3.63) is 0 Å². The Morgan fingerprint density at radius 1 is 0.938 bits per heavy atom. The van der Waals surface area contributed by atoms with Gasteiger partial charge in [0.1, 0.15) is 0 Å². The molecule has 0 spiro atoms. The molecule has 0 amide bonds. The molecule has 1 rings (SSSR count). The van der Waals surface area contributed by atoms with Crippen molar-refractivity contribution in [1.82, 2.24) is 0 Å². The minimum Gasteiger partial charge on any atom is -0.399 e. The van der Waals surface area contributed by atoms with Crippen LogP contribution in [0.4, 0.5) is 0 Å². The van der Waals surface area contributed by atoms with Gasteiger partial charge < -0.3 is 8.85 Å². The van der Waals surface area contributed by atoms with Crippen LogP contribution < -0.4 is 0 Å². The van der Waals surface area contributed by atoms with Crippen molar-refractivity contribution in [2.75, 3.05) is 13.2 Å². The van der Waals surface area contributed by atoms with E-state index in [2.05, 4.69) is 27.7 Å². The summed E-state index contributed by atoms with van der Waals surface area (Å²) in [5.74, 6) is 2.03. The highest BCUT2D eigenvalue weighted by Crippen LogP contribution is 2.29. The van der Waals surface area contributed by atoms with Crippen LogP contribution >= 0.6 is 0 Å². The molecule has 0 aromatic heterocycles. The van der Waals surface area contributed by atoms with Gasteiger partial charge in [-0.3, -0.25) is 0 Å². The molecule has 0 aliphatic heterocycles. The monoisotopic (exact) mass is 246 g/mol. The molecule has 1 saturated carbocycles. The van der Waals surface area contributed by atoms with Crippen molar-refractivity contribution in [2.24, 2.45) is 11.8 Å². The smallest absolute Gasteiger partial charge is 0.304 e. The van der Waals surface area contributed by atoms with Gasteiger partial charge in [-0.2, -0.15) is 0 Å². The van der Waals surface area contributed by atoms with E-state index in [1.165, 1.54) is 19.3 Å². The van der Waals surface area contributed by atoms with Crippen molar-refractivity contribution < 1.29 is 8.85 Å². The van der Waals surface area contributed by atoms with Crippen molar-refractivity contribution >= 4 is 10.0 Å². The lowest BCUT2D eigenvalue weighted by Crippen LogP contribution is -2.05. The molecule has 0 N–H and O–H groups in total. The lowest BCUT2D eigenvalue weighted by atomic mass is 10.0. The van der Waals surface area contributed by atoms with Crippen molar-refractivity contribution in [2.45, 2.75) is 59.8 Å². The van der Waals surface area contributed by atoms with Gasteiger partial charge in [0.15, 0.2) is 0 Å². The molecule has 0 bridgehead atoms. The molecule has 2 atom stereocenters. The lowest BCUT2D eigenvalue weighted by Gasteiger charge is -2.05. The van der Waals surface area contributed by atoms with Gasteiger partial charge in [-0.05, 0) is 24.7 Å². The van der Waals surface area contributed by atoms with E-state index < -0.39 is 10.0 Å². The molecule has 0 aromatic carbocycles. The van der Waals surface area contributed by atoms with E-state index in [0.29, 0.717) is 0 Å². The summed E-state index contributed by atoms with van der Waals surface area (Å²) >= 11 is 0. The van der Waals surface area contributed by atoms with Gasteiger partial charge in [-0.25, -0.2) is 0 Å². The summed E-state index contributed by atoms with van der Waals surface area (Å²) in [7, 11) is -0.611. The van der Waals surface area contributed by atoms with Crippen molar-refractivity contribution in [3.8, 4) is 0 Å². The molecule has 2 nitrogen and oxygen atoms in total. The fourth-order valence-electron chi connectivity index (χ4n) is 1.80. The van der Waals surface area contributed by atoms with Crippen LogP contribution in [-0.2, 0) is 8.85 Å². The molecule has 98 valence electrons. The summed E-state index contributed by atoms with van der Waals surface area (Å²) in [4.78, 5) is 0. The fourth-order valence-corrected chi connectivity index (χ4v) is 2.73. The molecule has 1 fully saturated rings. The zero-order chi connectivity index (χ0) is 12.2. The van der Waals surface area contributed by atoms with Crippen LogP contribution in [-0.4, -0.2) is 23.2 Å². The van der Waals surface area contributed by atoms with Gasteiger partial charge in [0.05, 0.1) is 0 Å². The summed E-state index contributed by atoms with van der Waals surface area (Å²) in [6.45, 7) is 10.7. The zero-order valence-corrected chi connectivity index (χ0v) is 13.0. The quantitative estimate of drug-likeness (QED) is 0.529. The second-order valence-electron chi connectivity index (χ2n) is 4.82. The standard InChI is InChI=1S/C7H14.C6H16O2Si/c1-6-4-3-5-7(6)2;1-3-5-7-9-8-6-4-2/h6-7H,3-5H2,1-2H3;3-6,9H2,1-2H3. The largest absolute Gasteiger partial charge is 0.399 e. The molecule has 3 heteroatoms. The maximum absolute atomic E-state index is 5.20. The first-order valence-electron chi connectivity index (χ1n) is 6.87. The van der Waals surface area contributed by atoms with Crippen LogP contribution in [0.1, 0.15) is 59.8 Å². The van der Waals surface area contributed by atoms with E-state index in [1.807, 2.05) is 0 Å². The Kier molecular flexibility index (Phi) is 11.7. The third-order valence-electron chi connectivity index (χ3n) is 3.15. The Morgan fingerprint density at radius 2 is 1.38 bits per heavy atom. The minimum absolute atomic E-state index is 0.611. The predicted molar refractivity (Wildman–Crippen MR) is 73.2 cm³/mol. The van der Waals surface area contributed by atoms with Gasteiger partial charge in [0.2, 0.25) is 0 Å². The second-order valence-corrected chi connectivity index (χ2v) is 5.87. The third kappa shape index (κ3) is 9.37. The number of rotatable bonds is 6. The molecule has 1 aliphatic carbocycles. The molecular formula is C13H30O2Si. The third-order valence-corrected chi connectivity index (χ3v) is 4.06. The predicted octanol–water partition coefficient (Wildman–Crippen LogP) is 3.28. The molecule has 0 saturated heterocycles. The average molecular weight is 246 g/mol. The van der Waals surface area contributed by atoms with Crippen LogP contribution in [0.25, 0.3) is 0 Å². The van der Waals surface area contributed by atoms with E-state index in [0.717, 1.165) is 37.9 Å². The van der Waals surface area contributed by atoms with Gasteiger partial charge in [0.25, 0.3) is 0 Å². The normalized spacial score (nSPS) is 24.0. The Labute approximate surface area is 104 Å². The highest BCUT2D eigenvalue weighted by molar-refractivity contribution is 6.17. The SMILES string of the molecule is CC1CCCC1C.CCCO[SiH2]OCCC. The zero-order valence-electron chi connectivity index (χ0n) is 11.6. The lowest BCUT2D eigenvalue weighted by molar-refractivity contribution is 0.222. The molecule has 0 aromatic rings. The van der Waals surface area contributed by atoms with E-state index >= 15 is 0 Å². The summed E-state index contributed by atoms with van der Waals surface area (Å²) < 4.78 is 10.4. The average Bonchev–Trinajstić information content (AvgIpc) is 2.64. The maximum atomic E-state index is 5.20. The molecule has 0 heterocycles. The fraction of sp³-hybridized carbons (Fsp3) is 1.00.